The predicted octanol–water partition coefficient (Wildman–Crippen LogP) is 2.69. The van der Waals surface area contributed by atoms with Crippen LogP contribution in [0.15, 0.2) is 38.0 Å². The van der Waals surface area contributed by atoms with E-state index in [1.54, 1.807) is 6.08 Å². The van der Waals surface area contributed by atoms with Crippen LogP contribution in [0.2, 0.25) is 0 Å². The van der Waals surface area contributed by atoms with Crippen LogP contribution < -0.4 is 0 Å². The van der Waals surface area contributed by atoms with Crippen molar-refractivity contribution in [3.05, 3.63) is 38.0 Å². The number of hydrogen-bond acceptors (Lipinski definition) is 1. The van der Waals surface area contributed by atoms with Gasteiger partial charge in [0.1, 0.15) is 0 Å². The van der Waals surface area contributed by atoms with E-state index in [0.29, 0.717) is 6.42 Å². The minimum absolute atomic E-state index is 0.248. The van der Waals surface area contributed by atoms with Crippen molar-refractivity contribution in [3.63, 3.8) is 0 Å². The highest BCUT2D eigenvalue weighted by Crippen LogP contribution is 2.17. The summed E-state index contributed by atoms with van der Waals surface area (Å²) in [5.74, 6) is 0.248. The van der Waals surface area contributed by atoms with Gasteiger partial charge in [-0.05, 0) is 25.2 Å². The zero-order chi connectivity index (χ0) is 9.40. The monoisotopic (exact) mass is 166 g/mol. The molecular weight excluding hydrogens is 148 g/mol. The lowest BCUT2D eigenvalue weighted by atomic mass is 9.93. The standard InChI is InChI=1S/C11H18O/c1-4-7-10(8-5-2)11(12)9-6-3/h4-6,10-12H,1-3,7-9H2. The third kappa shape index (κ3) is 4.14. The van der Waals surface area contributed by atoms with Gasteiger partial charge in [0.15, 0.2) is 0 Å². The van der Waals surface area contributed by atoms with Crippen LogP contribution in [-0.4, -0.2) is 11.2 Å². The van der Waals surface area contributed by atoms with Gasteiger partial charge in [-0.25, -0.2) is 0 Å². The molecule has 0 aromatic heterocycles. The van der Waals surface area contributed by atoms with Crippen LogP contribution in [0.25, 0.3) is 0 Å². The maximum Gasteiger partial charge on any atom is 0.0608 e. The van der Waals surface area contributed by atoms with Crippen LogP contribution in [0.5, 0.6) is 0 Å². The normalized spacial score (nSPS) is 12.5. The molecule has 68 valence electrons. The lowest BCUT2D eigenvalue weighted by Crippen LogP contribution is -2.18. The average Bonchev–Trinajstić information content (AvgIpc) is 2.04. The molecule has 0 aliphatic carbocycles. The molecule has 1 unspecified atom stereocenters. The van der Waals surface area contributed by atoms with Gasteiger partial charge in [0, 0.05) is 0 Å². The first kappa shape index (κ1) is 11.2. The second-order valence-electron chi connectivity index (χ2n) is 2.90. The smallest absolute Gasteiger partial charge is 0.0608 e. The predicted molar refractivity (Wildman–Crippen MR) is 53.9 cm³/mol. The first-order valence-electron chi connectivity index (χ1n) is 4.27. The third-order valence-electron chi connectivity index (χ3n) is 1.89. The maximum absolute atomic E-state index is 9.60. The molecule has 0 amide bonds. The fourth-order valence-corrected chi connectivity index (χ4v) is 1.20. The van der Waals surface area contributed by atoms with Gasteiger partial charge in [-0.3, -0.25) is 0 Å². The van der Waals surface area contributed by atoms with Crippen molar-refractivity contribution in [2.24, 2.45) is 5.92 Å². The van der Waals surface area contributed by atoms with Crippen LogP contribution in [0.1, 0.15) is 19.3 Å². The Kier molecular flexibility index (Phi) is 6.39. The van der Waals surface area contributed by atoms with E-state index in [1.165, 1.54) is 0 Å². The molecule has 0 fully saturated rings. The summed E-state index contributed by atoms with van der Waals surface area (Å²) < 4.78 is 0. The van der Waals surface area contributed by atoms with Crippen molar-refractivity contribution in [1.29, 1.82) is 0 Å². The van der Waals surface area contributed by atoms with Crippen molar-refractivity contribution in [1.82, 2.24) is 0 Å². The number of allylic oxidation sites excluding steroid dienone is 2. The Hall–Kier alpha value is -0.820. The molecule has 0 heterocycles. The van der Waals surface area contributed by atoms with Crippen LogP contribution in [0.4, 0.5) is 0 Å². The highest BCUT2D eigenvalue weighted by Gasteiger charge is 2.14. The van der Waals surface area contributed by atoms with Gasteiger partial charge in [-0.1, -0.05) is 18.2 Å². The van der Waals surface area contributed by atoms with E-state index in [0.717, 1.165) is 12.8 Å². The Balaban J connectivity index is 3.96. The second-order valence-corrected chi connectivity index (χ2v) is 2.90. The van der Waals surface area contributed by atoms with Gasteiger partial charge in [-0.2, -0.15) is 0 Å². The number of hydrogen-bond donors (Lipinski definition) is 1. The molecule has 0 bridgehead atoms. The molecule has 0 saturated heterocycles. The Morgan fingerprint density at radius 1 is 0.917 bits per heavy atom. The number of aliphatic hydroxyl groups is 1. The molecule has 12 heavy (non-hydrogen) atoms. The molecule has 0 radical (unpaired) electrons. The molecule has 1 N–H and O–H groups in total. The second kappa shape index (κ2) is 6.86. The Morgan fingerprint density at radius 3 is 1.67 bits per heavy atom. The molecule has 1 heteroatoms. The van der Waals surface area contributed by atoms with Gasteiger partial charge in [0.25, 0.3) is 0 Å². The van der Waals surface area contributed by atoms with Gasteiger partial charge < -0.3 is 5.11 Å². The lowest BCUT2D eigenvalue weighted by Gasteiger charge is -2.18. The summed E-state index contributed by atoms with van der Waals surface area (Å²) in [6.07, 6.45) is 7.41. The Labute approximate surface area is 75.1 Å². The molecule has 0 aromatic rings. The number of rotatable bonds is 7. The van der Waals surface area contributed by atoms with Gasteiger partial charge in [0.2, 0.25) is 0 Å². The quantitative estimate of drug-likeness (QED) is 0.576. The Bertz CT molecular complexity index is 139. The highest BCUT2D eigenvalue weighted by atomic mass is 16.3. The van der Waals surface area contributed by atoms with Crippen molar-refractivity contribution < 1.29 is 5.11 Å². The van der Waals surface area contributed by atoms with E-state index in [4.69, 9.17) is 0 Å². The first-order chi connectivity index (χ1) is 5.76. The van der Waals surface area contributed by atoms with Crippen LogP contribution >= 0.6 is 0 Å². The van der Waals surface area contributed by atoms with Gasteiger partial charge in [0.05, 0.1) is 6.10 Å². The summed E-state index contributed by atoms with van der Waals surface area (Å²) in [6.45, 7) is 10.9. The van der Waals surface area contributed by atoms with E-state index < -0.39 is 0 Å². The molecule has 0 aliphatic heterocycles. The van der Waals surface area contributed by atoms with Crippen molar-refractivity contribution in [2.75, 3.05) is 0 Å². The van der Waals surface area contributed by atoms with Crippen LogP contribution in [-0.2, 0) is 0 Å². The third-order valence-corrected chi connectivity index (χ3v) is 1.89. The maximum atomic E-state index is 9.60. The average molecular weight is 166 g/mol. The number of aliphatic hydroxyl groups excluding tert-OH is 1. The van der Waals surface area contributed by atoms with Crippen molar-refractivity contribution >= 4 is 0 Å². The molecule has 0 saturated carbocycles. The molecule has 0 spiro atoms. The van der Waals surface area contributed by atoms with Crippen molar-refractivity contribution in [2.45, 2.75) is 25.4 Å². The summed E-state index contributed by atoms with van der Waals surface area (Å²) in [4.78, 5) is 0. The molecular formula is C11H18O. The molecule has 1 nitrogen and oxygen atoms in total. The van der Waals surface area contributed by atoms with E-state index in [-0.39, 0.29) is 12.0 Å². The SMILES string of the molecule is C=CCC(O)C(CC=C)CC=C. The van der Waals surface area contributed by atoms with E-state index in [1.807, 2.05) is 12.2 Å². The summed E-state index contributed by atoms with van der Waals surface area (Å²) in [7, 11) is 0. The minimum atomic E-state index is -0.307. The summed E-state index contributed by atoms with van der Waals surface area (Å²) in [5.41, 5.74) is 0. The van der Waals surface area contributed by atoms with Gasteiger partial charge >= 0.3 is 0 Å². The minimum Gasteiger partial charge on any atom is -0.392 e. The zero-order valence-corrected chi connectivity index (χ0v) is 7.58. The molecule has 1 atom stereocenters. The molecule has 0 aliphatic rings. The summed E-state index contributed by atoms with van der Waals surface area (Å²) in [5, 5.41) is 9.60. The fourth-order valence-electron chi connectivity index (χ4n) is 1.20. The first-order valence-corrected chi connectivity index (χ1v) is 4.27. The van der Waals surface area contributed by atoms with E-state index >= 15 is 0 Å². The molecule has 0 rings (SSSR count). The van der Waals surface area contributed by atoms with E-state index in [2.05, 4.69) is 19.7 Å². The topological polar surface area (TPSA) is 20.2 Å². The van der Waals surface area contributed by atoms with Crippen molar-refractivity contribution in [3.8, 4) is 0 Å². The van der Waals surface area contributed by atoms with Gasteiger partial charge in [-0.15, -0.1) is 19.7 Å². The lowest BCUT2D eigenvalue weighted by molar-refractivity contribution is 0.113. The fraction of sp³-hybridized carbons (Fsp3) is 0.455. The van der Waals surface area contributed by atoms with E-state index in [9.17, 15) is 5.11 Å². The van der Waals surface area contributed by atoms with Crippen LogP contribution in [0, 0.1) is 5.92 Å². The summed E-state index contributed by atoms with van der Waals surface area (Å²) >= 11 is 0. The largest absolute Gasteiger partial charge is 0.392 e. The molecule has 0 aromatic carbocycles. The summed E-state index contributed by atoms with van der Waals surface area (Å²) in [6, 6.07) is 0. The Morgan fingerprint density at radius 2 is 1.33 bits per heavy atom. The van der Waals surface area contributed by atoms with Crippen LogP contribution in [0.3, 0.4) is 0 Å². The zero-order valence-electron chi connectivity index (χ0n) is 7.58. The highest BCUT2D eigenvalue weighted by molar-refractivity contribution is 4.86.